The van der Waals surface area contributed by atoms with Gasteiger partial charge < -0.3 is 10.2 Å². The molecule has 2 heterocycles. The number of nitrogens with zero attached hydrogens (tertiary/aromatic N) is 3. The molecule has 0 aliphatic carbocycles. The standard InChI is InChI=1S/C14H22N4O/c1-17(9-5-13-4-2-3-6-16-13)14(19)12-18-10-7-15-8-11-18/h2-4,6,15H,5,7-12H2,1H3. The number of likely N-dealkylation sites (N-methyl/N-ethyl adjacent to an activating group) is 1. The molecule has 0 aromatic carbocycles. The molecule has 104 valence electrons. The second-order valence-corrected chi connectivity index (χ2v) is 4.91. The van der Waals surface area contributed by atoms with Crippen LogP contribution in [0.3, 0.4) is 0 Å². The second kappa shape index (κ2) is 7.21. The Balaban J connectivity index is 1.72. The van der Waals surface area contributed by atoms with Gasteiger partial charge in [-0.15, -0.1) is 0 Å². The van der Waals surface area contributed by atoms with E-state index in [9.17, 15) is 4.79 Å². The lowest BCUT2D eigenvalue weighted by molar-refractivity contribution is -0.131. The van der Waals surface area contributed by atoms with Gasteiger partial charge in [-0.25, -0.2) is 0 Å². The van der Waals surface area contributed by atoms with Crippen molar-refractivity contribution in [1.82, 2.24) is 20.1 Å². The van der Waals surface area contributed by atoms with E-state index in [1.165, 1.54) is 0 Å². The monoisotopic (exact) mass is 262 g/mol. The molecule has 0 bridgehead atoms. The number of aromatic nitrogens is 1. The Labute approximate surface area is 114 Å². The van der Waals surface area contributed by atoms with E-state index in [1.807, 2.05) is 25.2 Å². The normalized spacial score (nSPS) is 16.3. The molecule has 1 fully saturated rings. The zero-order valence-corrected chi connectivity index (χ0v) is 11.5. The first-order valence-electron chi connectivity index (χ1n) is 6.82. The van der Waals surface area contributed by atoms with E-state index in [0.717, 1.165) is 44.8 Å². The number of amides is 1. The predicted octanol–water partition coefficient (Wildman–Crippen LogP) is -0.0123. The van der Waals surface area contributed by atoms with Crippen LogP contribution in [0.2, 0.25) is 0 Å². The van der Waals surface area contributed by atoms with Gasteiger partial charge in [-0.2, -0.15) is 0 Å². The summed E-state index contributed by atoms with van der Waals surface area (Å²) in [4.78, 5) is 20.4. The molecule has 1 N–H and O–H groups in total. The van der Waals surface area contributed by atoms with Crippen molar-refractivity contribution in [3.63, 3.8) is 0 Å². The highest BCUT2D eigenvalue weighted by Crippen LogP contribution is 1.99. The highest BCUT2D eigenvalue weighted by molar-refractivity contribution is 5.78. The lowest BCUT2D eigenvalue weighted by Gasteiger charge is -2.28. The molecule has 0 atom stereocenters. The Kier molecular flexibility index (Phi) is 5.30. The number of rotatable bonds is 5. The predicted molar refractivity (Wildman–Crippen MR) is 74.9 cm³/mol. The number of carbonyl (C=O) groups excluding carboxylic acids is 1. The van der Waals surface area contributed by atoms with Crippen molar-refractivity contribution in [2.24, 2.45) is 0 Å². The third kappa shape index (κ3) is 4.61. The fourth-order valence-corrected chi connectivity index (χ4v) is 2.13. The van der Waals surface area contributed by atoms with E-state index in [4.69, 9.17) is 0 Å². The summed E-state index contributed by atoms with van der Waals surface area (Å²) in [7, 11) is 1.87. The summed E-state index contributed by atoms with van der Waals surface area (Å²) in [5.74, 6) is 0.192. The van der Waals surface area contributed by atoms with E-state index < -0.39 is 0 Å². The zero-order chi connectivity index (χ0) is 13.5. The van der Waals surface area contributed by atoms with E-state index in [-0.39, 0.29) is 5.91 Å². The average molecular weight is 262 g/mol. The smallest absolute Gasteiger partial charge is 0.236 e. The van der Waals surface area contributed by atoms with Crippen LogP contribution < -0.4 is 5.32 Å². The van der Waals surface area contributed by atoms with E-state index in [2.05, 4.69) is 15.2 Å². The van der Waals surface area contributed by atoms with Crippen LogP contribution in [0, 0.1) is 0 Å². The molecule has 19 heavy (non-hydrogen) atoms. The van der Waals surface area contributed by atoms with Crippen LogP contribution in [0.5, 0.6) is 0 Å². The maximum absolute atomic E-state index is 12.1. The SMILES string of the molecule is CN(CCc1ccccn1)C(=O)CN1CCNCC1. The molecule has 5 heteroatoms. The maximum atomic E-state index is 12.1. The number of nitrogens with one attached hydrogen (secondary N) is 1. The van der Waals surface area contributed by atoms with Gasteiger partial charge in [-0.1, -0.05) is 6.07 Å². The topological polar surface area (TPSA) is 48.5 Å². The van der Waals surface area contributed by atoms with Gasteiger partial charge in [0.05, 0.1) is 6.54 Å². The van der Waals surface area contributed by atoms with Gasteiger partial charge in [-0.05, 0) is 12.1 Å². The van der Waals surface area contributed by atoms with Crippen LogP contribution in [-0.4, -0.2) is 67.0 Å². The average Bonchev–Trinajstić information content (AvgIpc) is 2.47. The van der Waals surface area contributed by atoms with Gasteiger partial charge in [0, 0.05) is 58.1 Å². The Morgan fingerprint density at radius 2 is 2.21 bits per heavy atom. The first-order valence-corrected chi connectivity index (χ1v) is 6.82. The largest absolute Gasteiger partial charge is 0.344 e. The molecule has 1 aliphatic heterocycles. The minimum Gasteiger partial charge on any atom is -0.344 e. The summed E-state index contributed by atoms with van der Waals surface area (Å²) in [6.45, 7) is 5.12. The Morgan fingerprint density at radius 3 is 2.89 bits per heavy atom. The van der Waals surface area contributed by atoms with E-state index in [0.29, 0.717) is 6.54 Å². The molecule has 0 spiro atoms. The number of hydrogen-bond acceptors (Lipinski definition) is 4. The Bertz CT molecular complexity index is 390. The molecular weight excluding hydrogens is 240 g/mol. The van der Waals surface area contributed by atoms with Gasteiger partial charge in [-0.3, -0.25) is 14.7 Å². The lowest BCUT2D eigenvalue weighted by Crippen LogP contribution is -2.48. The van der Waals surface area contributed by atoms with Gasteiger partial charge in [0.1, 0.15) is 0 Å². The molecule has 1 aromatic heterocycles. The van der Waals surface area contributed by atoms with Crippen molar-refractivity contribution in [2.45, 2.75) is 6.42 Å². The second-order valence-electron chi connectivity index (χ2n) is 4.91. The number of carbonyl (C=O) groups is 1. The minimum atomic E-state index is 0.192. The van der Waals surface area contributed by atoms with Crippen LogP contribution in [-0.2, 0) is 11.2 Å². The molecule has 0 unspecified atom stereocenters. The fourth-order valence-electron chi connectivity index (χ4n) is 2.13. The summed E-state index contributed by atoms with van der Waals surface area (Å²) >= 11 is 0. The number of piperazine rings is 1. The molecule has 0 radical (unpaired) electrons. The molecular formula is C14H22N4O. The van der Waals surface area contributed by atoms with Crippen LogP contribution in [0.1, 0.15) is 5.69 Å². The Morgan fingerprint density at radius 1 is 1.42 bits per heavy atom. The molecule has 5 nitrogen and oxygen atoms in total. The highest BCUT2D eigenvalue weighted by Gasteiger charge is 2.16. The molecule has 0 saturated carbocycles. The fraction of sp³-hybridized carbons (Fsp3) is 0.571. The van der Waals surface area contributed by atoms with Crippen molar-refractivity contribution in [1.29, 1.82) is 0 Å². The zero-order valence-electron chi connectivity index (χ0n) is 11.5. The third-order valence-electron chi connectivity index (χ3n) is 3.42. The van der Waals surface area contributed by atoms with E-state index in [1.54, 1.807) is 11.1 Å². The Hall–Kier alpha value is -1.46. The molecule has 1 aliphatic rings. The van der Waals surface area contributed by atoms with Crippen molar-refractivity contribution < 1.29 is 4.79 Å². The maximum Gasteiger partial charge on any atom is 0.236 e. The quantitative estimate of drug-likeness (QED) is 0.811. The van der Waals surface area contributed by atoms with Gasteiger partial charge in [0.25, 0.3) is 0 Å². The minimum absolute atomic E-state index is 0.192. The van der Waals surface area contributed by atoms with Crippen LogP contribution in [0.4, 0.5) is 0 Å². The summed E-state index contributed by atoms with van der Waals surface area (Å²) in [5, 5.41) is 3.29. The lowest BCUT2D eigenvalue weighted by atomic mass is 10.2. The van der Waals surface area contributed by atoms with Crippen molar-refractivity contribution >= 4 is 5.91 Å². The molecule has 2 rings (SSSR count). The van der Waals surface area contributed by atoms with Crippen LogP contribution in [0.15, 0.2) is 24.4 Å². The molecule has 1 saturated heterocycles. The van der Waals surface area contributed by atoms with E-state index >= 15 is 0 Å². The van der Waals surface area contributed by atoms with Gasteiger partial charge in [0.2, 0.25) is 5.91 Å². The third-order valence-corrected chi connectivity index (χ3v) is 3.42. The summed E-state index contributed by atoms with van der Waals surface area (Å²) < 4.78 is 0. The van der Waals surface area contributed by atoms with Gasteiger partial charge >= 0.3 is 0 Å². The van der Waals surface area contributed by atoms with Gasteiger partial charge in [0.15, 0.2) is 0 Å². The summed E-state index contributed by atoms with van der Waals surface area (Å²) in [6, 6.07) is 5.88. The summed E-state index contributed by atoms with van der Waals surface area (Å²) in [6.07, 6.45) is 2.60. The molecule has 1 aromatic rings. The number of hydrogen-bond donors (Lipinski definition) is 1. The number of pyridine rings is 1. The van der Waals surface area contributed by atoms with Crippen molar-refractivity contribution in [2.75, 3.05) is 46.3 Å². The van der Waals surface area contributed by atoms with Crippen LogP contribution in [0.25, 0.3) is 0 Å². The summed E-state index contributed by atoms with van der Waals surface area (Å²) in [5.41, 5.74) is 1.03. The molecule has 1 amide bonds. The first kappa shape index (κ1) is 14.0. The van der Waals surface area contributed by atoms with Crippen molar-refractivity contribution in [3.05, 3.63) is 30.1 Å². The first-order chi connectivity index (χ1) is 9.25. The highest BCUT2D eigenvalue weighted by atomic mass is 16.2. The van der Waals surface area contributed by atoms with Crippen molar-refractivity contribution in [3.8, 4) is 0 Å². The van der Waals surface area contributed by atoms with Crippen LogP contribution >= 0.6 is 0 Å².